The van der Waals surface area contributed by atoms with Crippen molar-refractivity contribution in [2.45, 2.75) is 17.4 Å². The first kappa shape index (κ1) is 15.7. The molecule has 0 saturated carbocycles. The number of methoxy groups -OCH3 is 2. The Balaban J connectivity index is 2.21. The van der Waals surface area contributed by atoms with E-state index in [9.17, 15) is 5.11 Å². The minimum absolute atomic E-state index is 0.535. The lowest BCUT2D eigenvalue weighted by atomic mass is 10.0. The second-order valence-electron chi connectivity index (χ2n) is 4.65. The number of rotatable bonds is 6. The van der Waals surface area contributed by atoms with Gasteiger partial charge in [-0.05, 0) is 35.6 Å². The van der Waals surface area contributed by atoms with Crippen LogP contribution < -0.4 is 9.47 Å². The summed E-state index contributed by atoms with van der Waals surface area (Å²) < 4.78 is 10.5. The van der Waals surface area contributed by atoms with Crippen LogP contribution in [0, 0.1) is 0 Å². The van der Waals surface area contributed by atoms with Crippen molar-refractivity contribution in [2.75, 3.05) is 20.5 Å². The number of ether oxygens (including phenoxy) is 2. The predicted octanol–water partition coefficient (Wildman–Crippen LogP) is 3.70. The molecule has 1 unspecified atom stereocenters. The van der Waals surface area contributed by atoms with E-state index in [0.717, 1.165) is 16.0 Å². The Kier molecular flexibility index (Phi) is 5.53. The van der Waals surface area contributed by atoms with Crippen LogP contribution in [0.5, 0.6) is 11.5 Å². The van der Waals surface area contributed by atoms with E-state index in [0.29, 0.717) is 17.9 Å². The van der Waals surface area contributed by atoms with Crippen LogP contribution in [0.1, 0.15) is 17.2 Å². The van der Waals surface area contributed by atoms with E-state index in [2.05, 4.69) is 0 Å². The smallest absolute Gasteiger partial charge is 0.160 e. The predicted molar refractivity (Wildman–Crippen MR) is 86.4 cm³/mol. The van der Waals surface area contributed by atoms with Gasteiger partial charge in [-0.2, -0.15) is 0 Å². The van der Waals surface area contributed by atoms with Gasteiger partial charge in [-0.25, -0.2) is 0 Å². The lowest BCUT2D eigenvalue weighted by Gasteiger charge is -2.15. The Morgan fingerprint density at radius 2 is 1.76 bits per heavy atom. The van der Waals surface area contributed by atoms with Gasteiger partial charge >= 0.3 is 0 Å². The minimum Gasteiger partial charge on any atom is -0.493 e. The van der Waals surface area contributed by atoms with Crippen LogP contribution in [-0.4, -0.2) is 25.6 Å². The van der Waals surface area contributed by atoms with Crippen molar-refractivity contribution >= 4 is 11.8 Å². The number of aliphatic hydroxyl groups excluding tert-OH is 1. The van der Waals surface area contributed by atoms with Crippen molar-refractivity contribution in [1.29, 1.82) is 0 Å². The lowest BCUT2D eigenvalue weighted by molar-refractivity contribution is 0.175. The van der Waals surface area contributed by atoms with E-state index < -0.39 is 6.10 Å². The molecule has 2 aromatic carbocycles. The molecule has 0 saturated heterocycles. The van der Waals surface area contributed by atoms with Gasteiger partial charge in [0.1, 0.15) is 0 Å². The van der Waals surface area contributed by atoms with Crippen molar-refractivity contribution in [2.24, 2.45) is 0 Å². The first-order valence-corrected chi connectivity index (χ1v) is 7.94. The highest BCUT2D eigenvalue weighted by Gasteiger charge is 2.14. The fourth-order valence-electron chi connectivity index (χ4n) is 2.28. The summed E-state index contributed by atoms with van der Waals surface area (Å²) in [7, 11) is 3.22. The molecule has 0 fully saturated rings. The summed E-state index contributed by atoms with van der Waals surface area (Å²) >= 11 is 1.64. The number of thioether (sulfide) groups is 1. The highest BCUT2D eigenvalue weighted by molar-refractivity contribution is 7.98. The molecule has 21 heavy (non-hydrogen) atoms. The first-order chi connectivity index (χ1) is 10.2. The molecule has 0 aromatic heterocycles. The molecule has 0 amide bonds. The fraction of sp³-hybridized carbons (Fsp3) is 0.294. The van der Waals surface area contributed by atoms with E-state index in [1.54, 1.807) is 26.0 Å². The van der Waals surface area contributed by atoms with Crippen LogP contribution in [-0.2, 0) is 6.42 Å². The maximum Gasteiger partial charge on any atom is 0.160 e. The Morgan fingerprint density at radius 3 is 2.43 bits per heavy atom. The highest BCUT2D eigenvalue weighted by atomic mass is 32.2. The third kappa shape index (κ3) is 3.71. The molecular formula is C17H20O3S. The third-order valence-corrected chi connectivity index (χ3v) is 4.19. The Labute approximate surface area is 129 Å². The van der Waals surface area contributed by atoms with E-state index in [-0.39, 0.29) is 0 Å². The molecular weight excluding hydrogens is 284 g/mol. The summed E-state index contributed by atoms with van der Waals surface area (Å²) in [5.74, 6) is 1.38. The van der Waals surface area contributed by atoms with Gasteiger partial charge < -0.3 is 14.6 Å². The Bertz CT molecular complexity index is 598. The van der Waals surface area contributed by atoms with Crippen LogP contribution in [0.4, 0.5) is 0 Å². The summed E-state index contributed by atoms with van der Waals surface area (Å²) in [6.45, 7) is 0. The molecule has 112 valence electrons. The van der Waals surface area contributed by atoms with Crippen LogP contribution in [0.25, 0.3) is 0 Å². The monoisotopic (exact) mass is 304 g/mol. The number of hydrogen-bond donors (Lipinski definition) is 1. The summed E-state index contributed by atoms with van der Waals surface area (Å²) in [4.78, 5) is 1.10. The van der Waals surface area contributed by atoms with Crippen LogP contribution in [0.2, 0.25) is 0 Å². The average molecular weight is 304 g/mol. The standard InChI is InChI=1S/C17H20O3S/c1-19-15-9-8-12(11-16(15)20-2)10-14(18)13-6-4-5-7-17(13)21-3/h4-9,11,14,18H,10H2,1-3H3. The van der Waals surface area contributed by atoms with Gasteiger partial charge in [0.15, 0.2) is 11.5 Å². The van der Waals surface area contributed by atoms with Gasteiger partial charge in [-0.3, -0.25) is 0 Å². The van der Waals surface area contributed by atoms with Crippen molar-refractivity contribution in [1.82, 2.24) is 0 Å². The molecule has 0 aliphatic heterocycles. The molecule has 0 bridgehead atoms. The van der Waals surface area contributed by atoms with Crippen molar-refractivity contribution in [3.8, 4) is 11.5 Å². The van der Waals surface area contributed by atoms with Crippen LogP contribution >= 0.6 is 11.8 Å². The molecule has 1 N–H and O–H groups in total. The zero-order valence-corrected chi connectivity index (χ0v) is 13.3. The van der Waals surface area contributed by atoms with Gasteiger partial charge in [0.05, 0.1) is 20.3 Å². The molecule has 2 rings (SSSR count). The van der Waals surface area contributed by atoms with Crippen molar-refractivity contribution in [3.05, 3.63) is 53.6 Å². The molecule has 0 aliphatic rings. The maximum absolute atomic E-state index is 10.5. The SMILES string of the molecule is COc1ccc(CC(O)c2ccccc2SC)cc1OC. The summed E-state index contributed by atoms with van der Waals surface area (Å²) in [6, 6.07) is 13.7. The van der Waals surface area contributed by atoms with Gasteiger partial charge in [0.25, 0.3) is 0 Å². The van der Waals surface area contributed by atoms with E-state index >= 15 is 0 Å². The number of aliphatic hydroxyl groups is 1. The molecule has 4 heteroatoms. The zero-order chi connectivity index (χ0) is 15.2. The molecule has 0 heterocycles. The van der Waals surface area contributed by atoms with Crippen molar-refractivity contribution in [3.63, 3.8) is 0 Å². The topological polar surface area (TPSA) is 38.7 Å². The van der Waals surface area contributed by atoms with Gasteiger partial charge in [0, 0.05) is 11.3 Å². The maximum atomic E-state index is 10.5. The Morgan fingerprint density at radius 1 is 1.05 bits per heavy atom. The average Bonchev–Trinajstić information content (AvgIpc) is 2.54. The summed E-state index contributed by atoms with van der Waals surface area (Å²) in [6.07, 6.45) is 2.02. The van der Waals surface area contributed by atoms with Gasteiger partial charge in [-0.15, -0.1) is 11.8 Å². The first-order valence-electron chi connectivity index (χ1n) is 6.71. The lowest BCUT2D eigenvalue weighted by Crippen LogP contribution is -2.04. The minimum atomic E-state index is -0.535. The number of hydrogen-bond acceptors (Lipinski definition) is 4. The molecule has 3 nitrogen and oxygen atoms in total. The highest BCUT2D eigenvalue weighted by Crippen LogP contribution is 2.31. The molecule has 0 radical (unpaired) electrons. The van der Waals surface area contributed by atoms with E-state index in [1.807, 2.05) is 48.7 Å². The molecule has 0 spiro atoms. The molecule has 2 aromatic rings. The quantitative estimate of drug-likeness (QED) is 0.826. The van der Waals surface area contributed by atoms with Gasteiger partial charge in [0.2, 0.25) is 0 Å². The van der Waals surface area contributed by atoms with E-state index in [1.165, 1.54) is 0 Å². The zero-order valence-electron chi connectivity index (χ0n) is 12.5. The second-order valence-corrected chi connectivity index (χ2v) is 5.50. The summed E-state index contributed by atoms with van der Waals surface area (Å²) in [5, 5.41) is 10.5. The molecule has 0 aliphatic carbocycles. The normalized spacial score (nSPS) is 12.0. The summed E-state index contributed by atoms with van der Waals surface area (Å²) in [5.41, 5.74) is 1.97. The van der Waals surface area contributed by atoms with Gasteiger partial charge in [-0.1, -0.05) is 24.3 Å². The molecule has 1 atom stereocenters. The fourth-order valence-corrected chi connectivity index (χ4v) is 2.94. The van der Waals surface area contributed by atoms with Crippen molar-refractivity contribution < 1.29 is 14.6 Å². The number of benzene rings is 2. The Hall–Kier alpha value is -1.65. The third-order valence-electron chi connectivity index (χ3n) is 3.37. The van der Waals surface area contributed by atoms with E-state index in [4.69, 9.17) is 9.47 Å². The van der Waals surface area contributed by atoms with Crippen LogP contribution in [0.3, 0.4) is 0 Å². The largest absolute Gasteiger partial charge is 0.493 e. The van der Waals surface area contributed by atoms with Crippen LogP contribution in [0.15, 0.2) is 47.4 Å². The second kappa shape index (κ2) is 7.38.